The molecular formula is C14H10BrF2NO. The average Bonchev–Trinajstić information content (AvgIpc) is 3.06. The van der Waals surface area contributed by atoms with Crippen LogP contribution in [0, 0.1) is 11.6 Å². The summed E-state index contributed by atoms with van der Waals surface area (Å²) in [7, 11) is 0. The van der Waals surface area contributed by atoms with E-state index in [1.165, 1.54) is 6.07 Å². The predicted molar refractivity (Wildman–Crippen MR) is 69.5 cm³/mol. The number of epoxide rings is 1. The first-order valence-electron chi connectivity index (χ1n) is 5.74. The van der Waals surface area contributed by atoms with Crippen molar-refractivity contribution in [3.8, 4) is 0 Å². The molecule has 1 aromatic carbocycles. The Balaban J connectivity index is 1.97. The number of rotatable bonds is 2. The lowest BCUT2D eigenvalue weighted by Gasteiger charge is -2.08. The van der Waals surface area contributed by atoms with Crippen LogP contribution in [0.1, 0.15) is 24.2 Å². The second kappa shape index (κ2) is 4.35. The molecule has 2 nitrogen and oxygen atoms in total. The number of hydrogen-bond acceptors (Lipinski definition) is 2. The van der Waals surface area contributed by atoms with Crippen molar-refractivity contribution in [1.82, 2.24) is 4.98 Å². The molecule has 19 heavy (non-hydrogen) atoms. The number of hydrogen-bond donors (Lipinski definition) is 0. The SMILES string of the molecule is C[C@@]1(c2cc(F)ccc2F)O[C@@H]1c1cncc(Br)c1. The minimum Gasteiger partial charge on any atom is -0.356 e. The van der Waals surface area contributed by atoms with Crippen molar-refractivity contribution in [2.24, 2.45) is 0 Å². The zero-order valence-corrected chi connectivity index (χ0v) is 11.6. The van der Waals surface area contributed by atoms with Crippen LogP contribution in [0.2, 0.25) is 0 Å². The maximum atomic E-state index is 13.8. The maximum Gasteiger partial charge on any atom is 0.129 e. The first-order valence-corrected chi connectivity index (χ1v) is 6.54. The molecule has 1 saturated heterocycles. The number of ether oxygens (including phenoxy) is 1. The van der Waals surface area contributed by atoms with Gasteiger partial charge in [0.1, 0.15) is 23.3 Å². The maximum absolute atomic E-state index is 13.8. The van der Waals surface area contributed by atoms with Crippen molar-refractivity contribution in [3.63, 3.8) is 0 Å². The quantitative estimate of drug-likeness (QED) is 0.776. The lowest BCUT2D eigenvalue weighted by Crippen LogP contribution is -2.08. The molecule has 0 aliphatic carbocycles. The number of benzene rings is 1. The topological polar surface area (TPSA) is 25.4 Å². The molecule has 1 aliphatic rings. The van der Waals surface area contributed by atoms with Crippen molar-refractivity contribution in [3.05, 3.63) is 63.9 Å². The zero-order chi connectivity index (χ0) is 13.6. The minimum atomic E-state index is -0.839. The summed E-state index contributed by atoms with van der Waals surface area (Å²) < 4.78 is 33.5. The first-order chi connectivity index (χ1) is 9.00. The molecule has 0 saturated carbocycles. The molecule has 98 valence electrons. The van der Waals surface area contributed by atoms with Crippen LogP contribution >= 0.6 is 15.9 Å². The van der Waals surface area contributed by atoms with Gasteiger partial charge in [-0.3, -0.25) is 4.98 Å². The zero-order valence-electron chi connectivity index (χ0n) is 10.0. The first kappa shape index (κ1) is 12.7. The number of nitrogens with zero attached hydrogens (tertiary/aromatic N) is 1. The molecule has 1 fully saturated rings. The Morgan fingerprint density at radius 3 is 2.79 bits per heavy atom. The molecule has 0 N–H and O–H groups in total. The van der Waals surface area contributed by atoms with Crippen LogP contribution in [0.15, 0.2) is 41.1 Å². The van der Waals surface area contributed by atoms with E-state index >= 15 is 0 Å². The third-order valence-electron chi connectivity index (χ3n) is 3.30. The highest BCUT2D eigenvalue weighted by atomic mass is 79.9. The lowest BCUT2D eigenvalue weighted by molar-refractivity contribution is 0.306. The van der Waals surface area contributed by atoms with E-state index in [4.69, 9.17) is 4.74 Å². The summed E-state index contributed by atoms with van der Waals surface area (Å²) in [5, 5.41) is 0. The van der Waals surface area contributed by atoms with Gasteiger partial charge in [-0.25, -0.2) is 8.78 Å². The van der Waals surface area contributed by atoms with Gasteiger partial charge in [0, 0.05) is 28.0 Å². The van der Waals surface area contributed by atoms with E-state index in [0.29, 0.717) is 0 Å². The van der Waals surface area contributed by atoms with Gasteiger partial charge >= 0.3 is 0 Å². The third-order valence-corrected chi connectivity index (χ3v) is 3.73. The van der Waals surface area contributed by atoms with Crippen LogP contribution in [0.3, 0.4) is 0 Å². The van der Waals surface area contributed by atoms with Crippen molar-refractivity contribution in [1.29, 1.82) is 0 Å². The van der Waals surface area contributed by atoms with Crippen molar-refractivity contribution in [2.45, 2.75) is 18.6 Å². The van der Waals surface area contributed by atoms with Crippen molar-refractivity contribution in [2.75, 3.05) is 0 Å². The fourth-order valence-electron chi connectivity index (χ4n) is 2.25. The normalized spacial score (nSPS) is 25.4. The molecule has 0 bridgehead atoms. The Hall–Kier alpha value is -1.33. The molecular weight excluding hydrogens is 316 g/mol. The van der Waals surface area contributed by atoms with Gasteiger partial charge in [-0.1, -0.05) is 0 Å². The molecule has 3 rings (SSSR count). The van der Waals surface area contributed by atoms with Crippen LogP contribution in [-0.2, 0) is 10.3 Å². The molecule has 5 heteroatoms. The largest absolute Gasteiger partial charge is 0.356 e. The van der Waals surface area contributed by atoms with Crippen LogP contribution in [-0.4, -0.2) is 4.98 Å². The Bertz CT molecular complexity index is 649. The van der Waals surface area contributed by atoms with Gasteiger partial charge in [-0.15, -0.1) is 0 Å². The number of pyridine rings is 1. The monoisotopic (exact) mass is 325 g/mol. The van der Waals surface area contributed by atoms with Gasteiger partial charge in [0.15, 0.2) is 0 Å². The molecule has 2 atom stereocenters. The highest BCUT2D eigenvalue weighted by Gasteiger charge is 2.56. The van der Waals surface area contributed by atoms with Crippen LogP contribution in [0.25, 0.3) is 0 Å². The van der Waals surface area contributed by atoms with Crippen molar-refractivity contribution >= 4 is 15.9 Å². The second-order valence-electron chi connectivity index (χ2n) is 4.67. The molecule has 0 radical (unpaired) electrons. The Morgan fingerprint density at radius 1 is 1.26 bits per heavy atom. The van der Waals surface area contributed by atoms with Crippen molar-refractivity contribution < 1.29 is 13.5 Å². The molecule has 1 aliphatic heterocycles. The van der Waals surface area contributed by atoms with E-state index in [-0.39, 0.29) is 11.7 Å². The summed E-state index contributed by atoms with van der Waals surface area (Å²) in [4.78, 5) is 4.05. The smallest absolute Gasteiger partial charge is 0.129 e. The minimum absolute atomic E-state index is 0.234. The Labute approximate surface area is 117 Å². The average molecular weight is 326 g/mol. The summed E-state index contributed by atoms with van der Waals surface area (Å²) in [5.74, 6) is -0.936. The van der Waals surface area contributed by atoms with Gasteiger partial charge in [0.2, 0.25) is 0 Å². The van der Waals surface area contributed by atoms with E-state index in [0.717, 1.165) is 22.2 Å². The molecule has 1 aromatic heterocycles. The van der Waals surface area contributed by atoms with Crippen LogP contribution < -0.4 is 0 Å². The predicted octanol–water partition coefficient (Wildman–Crippen LogP) is 4.11. The van der Waals surface area contributed by atoms with Gasteiger partial charge < -0.3 is 4.74 Å². The second-order valence-corrected chi connectivity index (χ2v) is 5.58. The van der Waals surface area contributed by atoms with Gasteiger partial charge in [0.25, 0.3) is 0 Å². The van der Waals surface area contributed by atoms with Gasteiger partial charge in [0.05, 0.1) is 0 Å². The number of halogens is 3. The third kappa shape index (κ3) is 2.17. The number of aromatic nitrogens is 1. The lowest BCUT2D eigenvalue weighted by atomic mass is 9.93. The highest BCUT2D eigenvalue weighted by Crippen LogP contribution is 2.57. The van der Waals surface area contributed by atoms with Gasteiger partial charge in [-0.2, -0.15) is 0 Å². The molecule has 2 heterocycles. The van der Waals surface area contributed by atoms with Crippen LogP contribution in [0.5, 0.6) is 0 Å². The highest BCUT2D eigenvalue weighted by molar-refractivity contribution is 9.10. The summed E-state index contributed by atoms with van der Waals surface area (Å²) in [6.45, 7) is 1.75. The van der Waals surface area contributed by atoms with E-state index in [1.807, 2.05) is 6.07 Å². The Morgan fingerprint density at radius 2 is 2.05 bits per heavy atom. The fourth-order valence-corrected chi connectivity index (χ4v) is 2.63. The fraction of sp³-hybridized carbons (Fsp3) is 0.214. The summed E-state index contributed by atoms with van der Waals surface area (Å²) >= 11 is 3.33. The van der Waals surface area contributed by atoms with E-state index in [9.17, 15) is 8.78 Å². The standard InChI is InChI=1S/C14H10BrF2NO/c1-14(11-5-10(16)2-3-12(11)17)13(19-14)8-4-9(15)7-18-6-8/h2-7,13H,1H3/t13-,14+/m1/s1. The molecule has 2 aromatic rings. The van der Waals surface area contributed by atoms with E-state index in [1.54, 1.807) is 19.3 Å². The summed E-state index contributed by atoms with van der Waals surface area (Å²) in [5.41, 5.74) is 0.229. The van der Waals surface area contributed by atoms with E-state index < -0.39 is 17.2 Å². The Kier molecular flexibility index (Phi) is 2.91. The van der Waals surface area contributed by atoms with Crippen LogP contribution in [0.4, 0.5) is 8.78 Å². The van der Waals surface area contributed by atoms with E-state index in [2.05, 4.69) is 20.9 Å². The molecule has 0 amide bonds. The summed E-state index contributed by atoms with van der Waals surface area (Å²) in [6, 6.07) is 5.26. The van der Waals surface area contributed by atoms with Gasteiger partial charge in [-0.05, 0) is 47.1 Å². The summed E-state index contributed by atoms with van der Waals surface area (Å²) in [6.07, 6.45) is 3.01. The molecule has 0 spiro atoms. The molecule has 0 unspecified atom stereocenters.